The van der Waals surface area contributed by atoms with Crippen LogP contribution in [0.15, 0.2) is 10.8 Å². The van der Waals surface area contributed by atoms with E-state index < -0.39 is 0 Å². The average Bonchev–Trinajstić information content (AvgIpc) is 2.47. The molecule has 0 bridgehead atoms. The van der Waals surface area contributed by atoms with Crippen LogP contribution in [0.3, 0.4) is 0 Å². The summed E-state index contributed by atoms with van der Waals surface area (Å²) in [6, 6.07) is 0. The van der Waals surface area contributed by atoms with E-state index in [0.29, 0.717) is 23.5 Å². The molecule has 0 radical (unpaired) electrons. The maximum atomic E-state index is 11.4. The summed E-state index contributed by atoms with van der Waals surface area (Å²) in [5, 5.41) is 7.60. The summed E-state index contributed by atoms with van der Waals surface area (Å²) >= 11 is 6.52. The van der Waals surface area contributed by atoms with Crippen LogP contribution in [0.5, 0.6) is 0 Å². The lowest BCUT2D eigenvalue weighted by Crippen LogP contribution is -2.26. The first-order valence-corrected chi connectivity index (χ1v) is 5.67. The molecule has 0 spiro atoms. The minimum absolute atomic E-state index is 0.0241. The van der Waals surface area contributed by atoms with Crippen molar-refractivity contribution in [3.63, 3.8) is 0 Å². The number of alkyl halides is 1. The van der Waals surface area contributed by atoms with E-state index in [0.717, 1.165) is 0 Å². The first-order chi connectivity index (χ1) is 6.66. The summed E-state index contributed by atoms with van der Waals surface area (Å²) in [5.74, 6) is 0.385. The Morgan fingerprint density at radius 2 is 2.29 bits per heavy atom. The number of amides is 1. The van der Waals surface area contributed by atoms with Gasteiger partial charge in [0.15, 0.2) is 0 Å². The van der Waals surface area contributed by atoms with E-state index in [9.17, 15) is 4.79 Å². The van der Waals surface area contributed by atoms with E-state index in [4.69, 9.17) is 0 Å². The van der Waals surface area contributed by atoms with Crippen LogP contribution in [0.4, 0.5) is 5.95 Å². The molecule has 1 aromatic rings. The standard InChI is InChI=1S/C7H6Br2N4O/c8-4-1-6(14)13(3-4)7-10-2-5(9)11-12-7/h2,4H,1,3H2. The van der Waals surface area contributed by atoms with Crippen LogP contribution >= 0.6 is 31.9 Å². The summed E-state index contributed by atoms with van der Waals surface area (Å²) < 4.78 is 0.559. The van der Waals surface area contributed by atoms with Crippen LogP contribution in [0.1, 0.15) is 6.42 Å². The lowest BCUT2D eigenvalue weighted by molar-refractivity contribution is -0.117. The lowest BCUT2D eigenvalue weighted by Gasteiger charge is -2.11. The van der Waals surface area contributed by atoms with Gasteiger partial charge in [0.1, 0.15) is 4.60 Å². The molecule has 14 heavy (non-hydrogen) atoms. The molecule has 0 N–H and O–H groups in total. The molecule has 0 saturated carbocycles. The fourth-order valence-electron chi connectivity index (χ4n) is 1.24. The van der Waals surface area contributed by atoms with E-state index in [1.807, 2.05) is 0 Å². The van der Waals surface area contributed by atoms with Crippen LogP contribution < -0.4 is 4.90 Å². The molecule has 2 heterocycles. The van der Waals surface area contributed by atoms with Gasteiger partial charge < -0.3 is 0 Å². The monoisotopic (exact) mass is 320 g/mol. The van der Waals surface area contributed by atoms with Crippen molar-refractivity contribution in [2.75, 3.05) is 11.4 Å². The molecule has 1 aliphatic rings. The lowest BCUT2D eigenvalue weighted by atomic mass is 10.4. The number of anilines is 1. The number of aromatic nitrogens is 3. The number of nitrogens with zero attached hydrogens (tertiary/aromatic N) is 4. The van der Waals surface area contributed by atoms with Gasteiger partial charge in [-0.1, -0.05) is 15.9 Å². The Hall–Kier alpha value is -0.560. The first-order valence-electron chi connectivity index (χ1n) is 3.96. The zero-order chi connectivity index (χ0) is 10.1. The van der Waals surface area contributed by atoms with Crippen LogP contribution in [-0.4, -0.2) is 32.5 Å². The molecule has 5 nitrogen and oxygen atoms in total. The molecule has 1 unspecified atom stereocenters. The molecule has 1 aliphatic heterocycles. The number of rotatable bonds is 1. The molecule has 2 rings (SSSR count). The molecule has 0 aromatic carbocycles. The van der Waals surface area contributed by atoms with Crippen molar-refractivity contribution < 1.29 is 4.79 Å². The van der Waals surface area contributed by atoms with Gasteiger partial charge in [0.25, 0.3) is 5.95 Å². The normalized spacial score (nSPS) is 21.7. The van der Waals surface area contributed by atoms with Crippen molar-refractivity contribution in [2.45, 2.75) is 11.2 Å². The first kappa shape index (κ1) is 9.97. The van der Waals surface area contributed by atoms with Crippen LogP contribution in [0.2, 0.25) is 0 Å². The summed E-state index contributed by atoms with van der Waals surface area (Å²) in [7, 11) is 0. The predicted octanol–water partition coefficient (Wildman–Crippen LogP) is 1.13. The van der Waals surface area contributed by atoms with Gasteiger partial charge in [-0.05, 0) is 15.9 Å². The molecule has 1 atom stereocenters. The Bertz CT molecular complexity index is 355. The van der Waals surface area contributed by atoms with Gasteiger partial charge in [0, 0.05) is 17.8 Å². The largest absolute Gasteiger partial charge is 0.278 e. The van der Waals surface area contributed by atoms with E-state index >= 15 is 0 Å². The van der Waals surface area contributed by atoms with E-state index in [2.05, 4.69) is 47.0 Å². The Balaban J connectivity index is 2.23. The van der Waals surface area contributed by atoms with Crippen molar-refractivity contribution in [3.8, 4) is 0 Å². The summed E-state index contributed by atoms with van der Waals surface area (Å²) in [6.07, 6.45) is 2.01. The highest BCUT2D eigenvalue weighted by atomic mass is 79.9. The highest BCUT2D eigenvalue weighted by Crippen LogP contribution is 2.21. The fourth-order valence-corrected chi connectivity index (χ4v) is 1.98. The highest BCUT2D eigenvalue weighted by Gasteiger charge is 2.30. The van der Waals surface area contributed by atoms with E-state index in [1.54, 1.807) is 0 Å². The minimum atomic E-state index is 0.0241. The molecule has 1 aromatic heterocycles. The van der Waals surface area contributed by atoms with Gasteiger partial charge in [0.05, 0.1) is 6.20 Å². The molecular formula is C7H6Br2N4O. The van der Waals surface area contributed by atoms with Gasteiger partial charge in [-0.15, -0.1) is 10.2 Å². The van der Waals surface area contributed by atoms with Crippen molar-refractivity contribution in [1.29, 1.82) is 0 Å². The van der Waals surface area contributed by atoms with E-state index in [-0.39, 0.29) is 10.7 Å². The third-order valence-corrected chi connectivity index (χ3v) is 2.82. The second kappa shape index (κ2) is 3.90. The number of carbonyl (C=O) groups is 1. The van der Waals surface area contributed by atoms with Gasteiger partial charge in [-0.3, -0.25) is 9.69 Å². The molecule has 1 amide bonds. The third kappa shape index (κ3) is 1.93. The summed E-state index contributed by atoms with van der Waals surface area (Å²) in [4.78, 5) is 17.2. The average molecular weight is 322 g/mol. The quantitative estimate of drug-likeness (QED) is 0.728. The number of halogens is 2. The van der Waals surface area contributed by atoms with Crippen molar-refractivity contribution in [1.82, 2.24) is 15.2 Å². The molecule has 1 fully saturated rings. The van der Waals surface area contributed by atoms with Crippen LogP contribution in [0.25, 0.3) is 0 Å². The maximum absolute atomic E-state index is 11.4. The number of hydrogen-bond donors (Lipinski definition) is 0. The molecular weight excluding hydrogens is 316 g/mol. The minimum Gasteiger partial charge on any atom is -0.278 e. The second-order valence-electron chi connectivity index (χ2n) is 2.89. The van der Waals surface area contributed by atoms with Crippen molar-refractivity contribution in [3.05, 3.63) is 10.8 Å². The number of carbonyl (C=O) groups excluding carboxylic acids is 1. The second-order valence-corrected chi connectivity index (χ2v) is 4.99. The Kier molecular flexibility index (Phi) is 2.78. The van der Waals surface area contributed by atoms with Crippen LogP contribution in [-0.2, 0) is 4.79 Å². The zero-order valence-electron chi connectivity index (χ0n) is 7.02. The van der Waals surface area contributed by atoms with Gasteiger partial charge in [0.2, 0.25) is 5.91 Å². The van der Waals surface area contributed by atoms with Crippen molar-refractivity contribution >= 4 is 43.7 Å². The van der Waals surface area contributed by atoms with Gasteiger partial charge >= 0.3 is 0 Å². The molecule has 0 aliphatic carbocycles. The molecule has 1 saturated heterocycles. The zero-order valence-corrected chi connectivity index (χ0v) is 10.2. The Morgan fingerprint density at radius 3 is 2.79 bits per heavy atom. The smallest absolute Gasteiger partial charge is 0.252 e. The summed E-state index contributed by atoms with van der Waals surface area (Å²) in [6.45, 7) is 0.599. The highest BCUT2D eigenvalue weighted by molar-refractivity contribution is 9.10. The van der Waals surface area contributed by atoms with Crippen LogP contribution in [0, 0.1) is 0 Å². The molecule has 74 valence electrons. The Labute approximate surface area is 97.2 Å². The van der Waals surface area contributed by atoms with Crippen molar-refractivity contribution in [2.24, 2.45) is 0 Å². The fraction of sp³-hybridized carbons (Fsp3) is 0.429. The molecule has 7 heteroatoms. The number of hydrogen-bond acceptors (Lipinski definition) is 4. The maximum Gasteiger partial charge on any atom is 0.252 e. The van der Waals surface area contributed by atoms with E-state index in [1.165, 1.54) is 11.1 Å². The Morgan fingerprint density at radius 1 is 1.50 bits per heavy atom. The topological polar surface area (TPSA) is 59.0 Å². The third-order valence-electron chi connectivity index (χ3n) is 1.84. The SMILES string of the molecule is O=C1CC(Br)CN1c1ncc(Br)nn1. The summed E-state index contributed by atoms with van der Waals surface area (Å²) in [5.41, 5.74) is 0. The van der Waals surface area contributed by atoms with Gasteiger partial charge in [-0.2, -0.15) is 0 Å². The predicted molar refractivity (Wildman–Crippen MR) is 57.2 cm³/mol. The van der Waals surface area contributed by atoms with Gasteiger partial charge in [-0.25, -0.2) is 4.98 Å².